The third-order valence-electron chi connectivity index (χ3n) is 1.05. The number of carbonyl (C=O) groups excluding carboxylic acids is 1. The molecule has 0 aliphatic carbocycles. The Bertz CT molecular complexity index is 205. The van der Waals surface area contributed by atoms with Crippen LogP contribution in [-0.4, -0.2) is 11.4 Å². The van der Waals surface area contributed by atoms with E-state index < -0.39 is 0 Å². The molecule has 3 nitrogen and oxygen atoms in total. The summed E-state index contributed by atoms with van der Waals surface area (Å²) in [6.07, 6.45) is 2.40. The van der Waals surface area contributed by atoms with E-state index in [2.05, 4.69) is 10.3 Å². The maximum absolute atomic E-state index is 9.86. The van der Waals surface area contributed by atoms with Gasteiger partial charge in [0.1, 0.15) is 0 Å². The SMILES string of the molecule is Cc1cc(NC=O)c[nH]1. The quantitative estimate of drug-likeness (QED) is 0.565. The summed E-state index contributed by atoms with van der Waals surface area (Å²) in [5.74, 6) is 0. The van der Waals surface area contributed by atoms with Crippen molar-refractivity contribution in [2.24, 2.45) is 0 Å². The molecule has 0 atom stereocenters. The fourth-order valence-corrected chi connectivity index (χ4v) is 0.660. The van der Waals surface area contributed by atoms with Crippen LogP contribution in [0.15, 0.2) is 12.3 Å². The van der Waals surface area contributed by atoms with Gasteiger partial charge in [-0.15, -0.1) is 0 Å². The Kier molecular flexibility index (Phi) is 1.53. The Morgan fingerprint density at radius 2 is 2.56 bits per heavy atom. The van der Waals surface area contributed by atoms with Crippen LogP contribution in [-0.2, 0) is 4.79 Å². The molecule has 0 aromatic carbocycles. The fraction of sp³-hybridized carbons (Fsp3) is 0.167. The highest BCUT2D eigenvalue weighted by Crippen LogP contribution is 2.05. The van der Waals surface area contributed by atoms with Gasteiger partial charge < -0.3 is 10.3 Å². The van der Waals surface area contributed by atoms with Gasteiger partial charge in [0.15, 0.2) is 0 Å². The van der Waals surface area contributed by atoms with Gasteiger partial charge in [0.25, 0.3) is 0 Å². The molecule has 0 radical (unpaired) electrons. The van der Waals surface area contributed by atoms with E-state index in [0.717, 1.165) is 11.4 Å². The first-order valence-electron chi connectivity index (χ1n) is 2.68. The topological polar surface area (TPSA) is 44.9 Å². The number of anilines is 1. The molecule has 48 valence electrons. The normalized spacial score (nSPS) is 9.00. The van der Waals surface area contributed by atoms with Crippen molar-refractivity contribution in [2.75, 3.05) is 5.32 Å². The number of nitrogens with one attached hydrogen (secondary N) is 2. The molecule has 1 heterocycles. The standard InChI is InChI=1S/C6H8N2O/c1-5-2-6(3-7-5)8-4-9/h2-4,7H,1H3,(H,8,9). The predicted molar refractivity (Wildman–Crippen MR) is 35.2 cm³/mol. The van der Waals surface area contributed by atoms with Gasteiger partial charge >= 0.3 is 0 Å². The number of aromatic nitrogens is 1. The Hall–Kier alpha value is -1.25. The molecule has 0 fully saturated rings. The molecule has 0 aliphatic rings. The van der Waals surface area contributed by atoms with Crippen molar-refractivity contribution in [3.8, 4) is 0 Å². The van der Waals surface area contributed by atoms with Crippen LogP contribution in [0.25, 0.3) is 0 Å². The lowest BCUT2D eigenvalue weighted by Crippen LogP contribution is -1.89. The zero-order valence-electron chi connectivity index (χ0n) is 5.14. The number of aromatic amines is 1. The minimum absolute atomic E-state index is 0.655. The summed E-state index contributed by atoms with van der Waals surface area (Å²) in [5.41, 5.74) is 1.85. The molecule has 2 N–H and O–H groups in total. The van der Waals surface area contributed by atoms with Crippen molar-refractivity contribution >= 4 is 12.1 Å². The van der Waals surface area contributed by atoms with Crippen LogP contribution in [0.3, 0.4) is 0 Å². The van der Waals surface area contributed by atoms with Crippen LogP contribution >= 0.6 is 0 Å². The molecule has 9 heavy (non-hydrogen) atoms. The lowest BCUT2D eigenvalue weighted by atomic mass is 10.4. The largest absolute Gasteiger partial charge is 0.363 e. The van der Waals surface area contributed by atoms with E-state index in [1.54, 1.807) is 6.20 Å². The molecule has 1 amide bonds. The molecule has 0 unspecified atom stereocenters. The predicted octanol–water partition coefficient (Wildman–Crippen LogP) is 0.891. The summed E-state index contributed by atoms with van der Waals surface area (Å²) in [5, 5.41) is 2.52. The fourth-order valence-electron chi connectivity index (χ4n) is 0.660. The van der Waals surface area contributed by atoms with Crippen LogP contribution < -0.4 is 5.32 Å². The molecular formula is C6H8N2O. The molecule has 3 heteroatoms. The minimum Gasteiger partial charge on any atom is -0.363 e. The summed E-state index contributed by atoms with van der Waals surface area (Å²) >= 11 is 0. The summed E-state index contributed by atoms with van der Waals surface area (Å²) in [6.45, 7) is 1.93. The molecule has 0 saturated heterocycles. The van der Waals surface area contributed by atoms with Crippen LogP contribution in [0.1, 0.15) is 5.69 Å². The van der Waals surface area contributed by atoms with E-state index in [1.807, 2.05) is 13.0 Å². The van der Waals surface area contributed by atoms with E-state index in [4.69, 9.17) is 0 Å². The lowest BCUT2D eigenvalue weighted by Gasteiger charge is -1.85. The number of aryl methyl sites for hydroxylation is 1. The Morgan fingerprint density at radius 1 is 1.78 bits per heavy atom. The van der Waals surface area contributed by atoms with Gasteiger partial charge in [0, 0.05) is 11.9 Å². The average molecular weight is 124 g/mol. The third-order valence-corrected chi connectivity index (χ3v) is 1.05. The second-order valence-electron chi connectivity index (χ2n) is 1.83. The lowest BCUT2D eigenvalue weighted by molar-refractivity contribution is -0.105. The van der Waals surface area contributed by atoms with E-state index in [1.165, 1.54) is 0 Å². The van der Waals surface area contributed by atoms with E-state index in [-0.39, 0.29) is 0 Å². The van der Waals surface area contributed by atoms with Crippen molar-refractivity contribution in [1.29, 1.82) is 0 Å². The summed E-state index contributed by atoms with van der Waals surface area (Å²) in [7, 11) is 0. The molecule has 1 aromatic rings. The second kappa shape index (κ2) is 2.35. The van der Waals surface area contributed by atoms with Gasteiger partial charge in [-0.2, -0.15) is 0 Å². The molecule has 1 rings (SSSR count). The molecular weight excluding hydrogens is 116 g/mol. The van der Waals surface area contributed by atoms with Crippen molar-refractivity contribution in [2.45, 2.75) is 6.92 Å². The zero-order chi connectivity index (χ0) is 6.69. The molecule has 0 bridgehead atoms. The van der Waals surface area contributed by atoms with Crippen LogP contribution in [0.2, 0.25) is 0 Å². The highest BCUT2D eigenvalue weighted by Gasteiger charge is 1.89. The average Bonchev–Trinajstić information content (AvgIpc) is 2.17. The van der Waals surface area contributed by atoms with Gasteiger partial charge in [-0.25, -0.2) is 0 Å². The number of amides is 1. The van der Waals surface area contributed by atoms with Crippen molar-refractivity contribution in [1.82, 2.24) is 4.98 Å². The third kappa shape index (κ3) is 1.32. The monoisotopic (exact) mass is 124 g/mol. The first kappa shape index (κ1) is 5.88. The maximum atomic E-state index is 9.86. The first-order chi connectivity index (χ1) is 4.33. The number of hydrogen-bond acceptors (Lipinski definition) is 1. The zero-order valence-corrected chi connectivity index (χ0v) is 5.14. The number of hydrogen-bond donors (Lipinski definition) is 2. The van der Waals surface area contributed by atoms with E-state index in [9.17, 15) is 4.79 Å². The number of carbonyl (C=O) groups is 1. The molecule has 0 saturated carbocycles. The maximum Gasteiger partial charge on any atom is 0.211 e. The van der Waals surface area contributed by atoms with Crippen molar-refractivity contribution in [3.63, 3.8) is 0 Å². The van der Waals surface area contributed by atoms with Crippen LogP contribution in [0.4, 0.5) is 5.69 Å². The smallest absolute Gasteiger partial charge is 0.211 e. The van der Waals surface area contributed by atoms with Gasteiger partial charge in [0.2, 0.25) is 6.41 Å². The van der Waals surface area contributed by atoms with Crippen LogP contribution in [0.5, 0.6) is 0 Å². The molecule has 1 aromatic heterocycles. The Morgan fingerprint density at radius 3 is 3.00 bits per heavy atom. The van der Waals surface area contributed by atoms with Crippen molar-refractivity contribution in [3.05, 3.63) is 18.0 Å². The summed E-state index contributed by atoms with van der Waals surface area (Å²) in [4.78, 5) is 12.8. The van der Waals surface area contributed by atoms with E-state index >= 15 is 0 Å². The summed E-state index contributed by atoms with van der Waals surface area (Å²) < 4.78 is 0. The van der Waals surface area contributed by atoms with Crippen LogP contribution in [0, 0.1) is 6.92 Å². The Labute approximate surface area is 53.1 Å². The summed E-state index contributed by atoms with van der Waals surface area (Å²) in [6, 6.07) is 1.86. The highest BCUT2D eigenvalue weighted by atomic mass is 16.1. The van der Waals surface area contributed by atoms with Gasteiger partial charge in [-0.3, -0.25) is 4.79 Å². The molecule has 0 spiro atoms. The highest BCUT2D eigenvalue weighted by molar-refractivity contribution is 5.70. The van der Waals surface area contributed by atoms with Gasteiger partial charge in [0.05, 0.1) is 5.69 Å². The number of H-pyrrole nitrogens is 1. The van der Waals surface area contributed by atoms with Gasteiger partial charge in [-0.1, -0.05) is 0 Å². The molecule has 0 aliphatic heterocycles. The van der Waals surface area contributed by atoms with E-state index in [0.29, 0.717) is 6.41 Å². The van der Waals surface area contributed by atoms with Crippen molar-refractivity contribution < 1.29 is 4.79 Å². The Balaban J connectivity index is 2.72. The first-order valence-corrected chi connectivity index (χ1v) is 2.68. The second-order valence-corrected chi connectivity index (χ2v) is 1.83. The number of rotatable bonds is 2. The van der Waals surface area contributed by atoms with Gasteiger partial charge in [-0.05, 0) is 13.0 Å². The minimum atomic E-state index is 0.655.